The number of thioether (sulfide) groups is 1. The number of para-hydroxylation sites is 1. The normalized spacial score (nSPS) is 10.6. The van der Waals surface area contributed by atoms with Crippen molar-refractivity contribution in [2.45, 2.75) is 12.3 Å². The summed E-state index contributed by atoms with van der Waals surface area (Å²) < 4.78 is 1.83. The summed E-state index contributed by atoms with van der Waals surface area (Å²) in [7, 11) is 1.82. The van der Waals surface area contributed by atoms with Crippen LogP contribution in [0.15, 0.2) is 67.0 Å². The molecule has 0 aliphatic heterocycles. The molecule has 0 N–H and O–H groups in total. The molecule has 0 unspecified atom stereocenters. The molecule has 2 aromatic carbocycles. The number of hydrogen-bond acceptors (Lipinski definition) is 3. The highest BCUT2D eigenvalue weighted by molar-refractivity contribution is 7.97. The van der Waals surface area contributed by atoms with Crippen LogP contribution in [0.2, 0.25) is 0 Å². The molecule has 0 fully saturated rings. The minimum absolute atomic E-state index is 0.0235. The molecule has 3 rings (SSSR count). The molecular weight excluding hydrogens is 330 g/mol. The minimum atomic E-state index is 0.0235. The van der Waals surface area contributed by atoms with Crippen molar-refractivity contribution < 1.29 is 4.79 Å². The molecule has 0 bridgehead atoms. The van der Waals surface area contributed by atoms with Crippen LogP contribution < -0.4 is 0 Å². The molecule has 0 aliphatic carbocycles. The molecule has 4 nitrogen and oxygen atoms in total. The number of carbonyl (C=O) groups excluding carboxylic acids is 1. The lowest BCUT2D eigenvalue weighted by Gasteiger charge is -2.16. The Morgan fingerprint density at radius 3 is 2.68 bits per heavy atom. The number of carbonyl (C=O) groups is 1. The Hall–Kier alpha value is -2.53. The molecule has 0 spiro atoms. The Morgan fingerprint density at radius 2 is 1.92 bits per heavy atom. The van der Waals surface area contributed by atoms with Gasteiger partial charge >= 0.3 is 0 Å². The van der Waals surface area contributed by atoms with Crippen LogP contribution in [0.4, 0.5) is 0 Å². The molecule has 1 heterocycles. The maximum Gasteiger partial charge on any atom is 0.253 e. The monoisotopic (exact) mass is 351 g/mol. The number of benzene rings is 2. The number of nitrogens with zero attached hydrogens (tertiary/aromatic N) is 3. The topological polar surface area (TPSA) is 38.1 Å². The lowest BCUT2D eigenvalue weighted by Crippen LogP contribution is -2.26. The van der Waals surface area contributed by atoms with Gasteiger partial charge in [-0.2, -0.15) is 16.9 Å². The zero-order valence-electron chi connectivity index (χ0n) is 14.4. The van der Waals surface area contributed by atoms with Gasteiger partial charge in [0.1, 0.15) is 0 Å². The largest absolute Gasteiger partial charge is 0.337 e. The molecule has 5 heteroatoms. The van der Waals surface area contributed by atoms with E-state index in [0.29, 0.717) is 6.54 Å². The Morgan fingerprint density at radius 1 is 1.12 bits per heavy atom. The first-order valence-electron chi connectivity index (χ1n) is 8.09. The summed E-state index contributed by atoms with van der Waals surface area (Å²) in [5.41, 5.74) is 3.90. The molecule has 1 aromatic heterocycles. The van der Waals surface area contributed by atoms with Crippen molar-refractivity contribution in [3.8, 4) is 5.69 Å². The molecule has 3 aromatic rings. The Bertz CT molecular complexity index is 845. The van der Waals surface area contributed by atoms with Crippen LogP contribution in [-0.4, -0.2) is 33.9 Å². The molecule has 1 amide bonds. The lowest BCUT2D eigenvalue weighted by atomic mass is 10.1. The fourth-order valence-corrected chi connectivity index (χ4v) is 3.20. The SMILES string of the molecule is CSCc1cccc(C(=O)N(C)Cc2cnn(-c3ccccc3)c2)c1. The van der Waals surface area contributed by atoms with Crippen molar-refractivity contribution in [1.82, 2.24) is 14.7 Å². The third-order valence-electron chi connectivity index (χ3n) is 3.91. The van der Waals surface area contributed by atoms with Crippen molar-refractivity contribution in [2.24, 2.45) is 0 Å². The smallest absolute Gasteiger partial charge is 0.253 e. The number of amides is 1. The van der Waals surface area contributed by atoms with Gasteiger partial charge in [-0.05, 0) is 36.1 Å². The van der Waals surface area contributed by atoms with E-state index in [1.165, 1.54) is 5.56 Å². The minimum Gasteiger partial charge on any atom is -0.337 e. The van der Waals surface area contributed by atoms with E-state index in [1.54, 1.807) is 22.9 Å². The van der Waals surface area contributed by atoms with Gasteiger partial charge in [0.05, 0.1) is 11.9 Å². The van der Waals surface area contributed by atoms with Crippen molar-refractivity contribution in [3.63, 3.8) is 0 Å². The molecule has 0 saturated heterocycles. The maximum atomic E-state index is 12.7. The van der Waals surface area contributed by atoms with Crippen LogP contribution in [0.1, 0.15) is 21.5 Å². The average molecular weight is 351 g/mol. The summed E-state index contributed by atoms with van der Waals surface area (Å²) in [4.78, 5) is 14.4. The molecule has 0 radical (unpaired) electrons. The Labute approximate surface area is 152 Å². The van der Waals surface area contributed by atoms with Crippen molar-refractivity contribution in [2.75, 3.05) is 13.3 Å². The van der Waals surface area contributed by atoms with E-state index in [2.05, 4.69) is 17.4 Å². The molecule has 128 valence electrons. The van der Waals surface area contributed by atoms with E-state index in [9.17, 15) is 4.79 Å². The Kier molecular flexibility index (Phi) is 5.56. The predicted octanol–water partition coefficient (Wildman–Crippen LogP) is 4.01. The molecule has 25 heavy (non-hydrogen) atoms. The van der Waals surface area contributed by atoms with Gasteiger partial charge in [0, 0.05) is 36.7 Å². The molecule has 0 atom stereocenters. The maximum absolute atomic E-state index is 12.7. The van der Waals surface area contributed by atoms with Gasteiger partial charge in [0.2, 0.25) is 0 Å². The number of rotatable bonds is 6. The van der Waals surface area contributed by atoms with Crippen LogP contribution in [0.5, 0.6) is 0 Å². The predicted molar refractivity (Wildman–Crippen MR) is 103 cm³/mol. The molecule has 0 aliphatic rings. The quantitative estimate of drug-likeness (QED) is 0.673. The van der Waals surface area contributed by atoms with Crippen LogP contribution in [0, 0.1) is 0 Å². The van der Waals surface area contributed by atoms with Crippen molar-refractivity contribution >= 4 is 17.7 Å². The molecular formula is C20H21N3OS. The van der Waals surface area contributed by atoms with Crippen molar-refractivity contribution in [1.29, 1.82) is 0 Å². The first-order valence-corrected chi connectivity index (χ1v) is 9.49. The lowest BCUT2D eigenvalue weighted by molar-refractivity contribution is 0.0785. The van der Waals surface area contributed by atoms with Crippen LogP contribution >= 0.6 is 11.8 Å². The zero-order valence-corrected chi connectivity index (χ0v) is 15.2. The summed E-state index contributed by atoms with van der Waals surface area (Å²) in [5.74, 6) is 0.935. The summed E-state index contributed by atoms with van der Waals surface area (Å²) >= 11 is 1.75. The highest BCUT2D eigenvalue weighted by Gasteiger charge is 2.13. The highest BCUT2D eigenvalue weighted by Crippen LogP contribution is 2.14. The van der Waals surface area contributed by atoms with Gasteiger partial charge in [-0.1, -0.05) is 30.3 Å². The standard InChI is InChI=1S/C20H21N3OS/c1-22(20(24)18-8-6-7-16(11-18)15-25-2)13-17-12-21-23(14-17)19-9-4-3-5-10-19/h3-12,14H,13,15H2,1-2H3. The van der Waals surface area contributed by atoms with Crippen LogP contribution in [-0.2, 0) is 12.3 Å². The van der Waals surface area contributed by atoms with Crippen LogP contribution in [0.3, 0.4) is 0 Å². The van der Waals surface area contributed by atoms with Gasteiger partial charge in [-0.3, -0.25) is 4.79 Å². The van der Waals surface area contributed by atoms with E-state index in [1.807, 2.05) is 66.5 Å². The summed E-state index contributed by atoms with van der Waals surface area (Å²) in [6.45, 7) is 0.526. The third kappa shape index (κ3) is 4.31. The third-order valence-corrected chi connectivity index (χ3v) is 4.53. The Balaban J connectivity index is 1.70. The summed E-state index contributed by atoms with van der Waals surface area (Å²) in [6.07, 6.45) is 5.83. The average Bonchev–Trinajstić information content (AvgIpc) is 3.11. The second-order valence-electron chi connectivity index (χ2n) is 5.92. The van der Waals surface area contributed by atoms with E-state index < -0.39 is 0 Å². The zero-order chi connectivity index (χ0) is 17.6. The summed E-state index contributed by atoms with van der Waals surface area (Å²) in [5, 5.41) is 4.39. The highest BCUT2D eigenvalue weighted by atomic mass is 32.2. The van der Waals surface area contributed by atoms with Gasteiger partial charge in [0.15, 0.2) is 0 Å². The van der Waals surface area contributed by atoms with Gasteiger partial charge in [-0.15, -0.1) is 0 Å². The fourth-order valence-electron chi connectivity index (χ4n) is 2.69. The van der Waals surface area contributed by atoms with Gasteiger partial charge in [0.25, 0.3) is 5.91 Å². The number of hydrogen-bond donors (Lipinski definition) is 0. The van der Waals surface area contributed by atoms with E-state index in [-0.39, 0.29) is 5.91 Å². The first kappa shape index (κ1) is 17.3. The van der Waals surface area contributed by atoms with Gasteiger partial charge in [-0.25, -0.2) is 4.68 Å². The second kappa shape index (κ2) is 8.03. The van der Waals surface area contributed by atoms with Crippen LogP contribution in [0.25, 0.3) is 5.69 Å². The van der Waals surface area contributed by atoms with E-state index in [0.717, 1.165) is 22.6 Å². The summed E-state index contributed by atoms with van der Waals surface area (Å²) in [6, 6.07) is 17.8. The second-order valence-corrected chi connectivity index (χ2v) is 6.79. The number of aromatic nitrogens is 2. The fraction of sp³-hybridized carbons (Fsp3) is 0.200. The molecule has 0 saturated carbocycles. The first-order chi connectivity index (χ1) is 12.2. The van der Waals surface area contributed by atoms with E-state index in [4.69, 9.17) is 0 Å². The van der Waals surface area contributed by atoms with E-state index >= 15 is 0 Å². The van der Waals surface area contributed by atoms with Gasteiger partial charge < -0.3 is 4.90 Å². The van der Waals surface area contributed by atoms with Crippen molar-refractivity contribution in [3.05, 3.63) is 83.7 Å².